The predicted molar refractivity (Wildman–Crippen MR) is 40.9 cm³/mol. The lowest BCUT2D eigenvalue weighted by Gasteiger charge is -2.18. The molecule has 62 valence electrons. The number of nitrogens with zero attached hydrogens (tertiary/aromatic N) is 1. The molecule has 0 aromatic heterocycles. The normalized spacial score (nSPS) is 30.5. The van der Waals surface area contributed by atoms with E-state index in [9.17, 15) is 9.18 Å². The first-order valence-electron chi connectivity index (χ1n) is 3.72. The van der Waals surface area contributed by atoms with Gasteiger partial charge in [-0.2, -0.15) is 0 Å². The van der Waals surface area contributed by atoms with Crippen molar-refractivity contribution in [2.45, 2.75) is 25.6 Å². The molecule has 0 aliphatic carbocycles. The van der Waals surface area contributed by atoms with E-state index in [1.54, 1.807) is 0 Å². The molecule has 1 saturated heterocycles. The summed E-state index contributed by atoms with van der Waals surface area (Å²) in [6, 6.07) is 0.0236. The summed E-state index contributed by atoms with van der Waals surface area (Å²) >= 11 is 0. The number of carbonyl (C=O) groups is 1. The molecule has 1 rings (SSSR count). The van der Waals surface area contributed by atoms with E-state index in [-0.39, 0.29) is 18.5 Å². The Hall–Kier alpha value is -0.860. The summed E-state index contributed by atoms with van der Waals surface area (Å²) < 4.78 is 12.7. The molecule has 0 unspecified atom stereocenters. The van der Waals surface area contributed by atoms with Gasteiger partial charge in [0, 0.05) is 12.5 Å². The molecule has 1 amide bonds. The highest BCUT2D eigenvalue weighted by Gasteiger charge is 2.30. The van der Waals surface area contributed by atoms with Gasteiger partial charge >= 0.3 is 0 Å². The fourth-order valence-electron chi connectivity index (χ4n) is 1.39. The maximum atomic E-state index is 12.7. The third kappa shape index (κ3) is 1.59. The van der Waals surface area contributed by atoms with Crippen molar-refractivity contribution >= 4 is 5.91 Å². The lowest BCUT2D eigenvalue weighted by Crippen LogP contribution is -2.32. The highest BCUT2D eigenvalue weighted by atomic mass is 19.1. The molecule has 2 atom stereocenters. The van der Waals surface area contributed by atoms with Crippen molar-refractivity contribution in [2.75, 3.05) is 6.54 Å². The third-order valence-electron chi connectivity index (χ3n) is 1.98. The second-order valence-electron chi connectivity index (χ2n) is 2.88. The van der Waals surface area contributed by atoms with Crippen LogP contribution < -0.4 is 0 Å². The van der Waals surface area contributed by atoms with Gasteiger partial charge in [0.1, 0.15) is 6.17 Å². The van der Waals surface area contributed by atoms with Crippen LogP contribution in [-0.4, -0.2) is 29.6 Å². The van der Waals surface area contributed by atoms with Crippen LogP contribution >= 0.6 is 0 Å². The van der Waals surface area contributed by atoms with Crippen molar-refractivity contribution in [3.8, 4) is 0 Å². The summed E-state index contributed by atoms with van der Waals surface area (Å²) in [7, 11) is 0. The number of carbonyl (C=O) groups excluding carboxylic acids is 1. The van der Waals surface area contributed by atoms with Gasteiger partial charge < -0.3 is 4.90 Å². The Balaban J connectivity index is 2.59. The van der Waals surface area contributed by atoms with Crippen molar-refractivity contribution in [1.82, 2.24) is 4.90 Å². The molecule has 0 saturated carbocycles. The van der Waals surface area contributed by atoms with Crippen LogP contribution in [0.15, 0.2) is 12.7 Å². The summed E-state index contributed by atoms with van der Waals surface area (Å²) in [5, 5.41) is 0. The van der Waals surface area contributed by atoms with Gasteiger partial charge in [-0.15, -0.1) is 0 Å². The van der Waals surface area contributed by atoms with Gasteiger partial charge in [-0.1, -0.05) is 6.58 Å². The van der Waals surface area contributed by atoms with Gasteiger partial charge in [0.15, 0.2) is 0 Å². The summed E-state index contributed by atoms with van der Waals surface area (Å²) in [6.45, 7) is 5.43. The van der Waals surface area contributed by atoms with Crippen molar-refractivity contribution < 1.29 is 9.18 Å². The van der Waals surface area contributed by atoms with Gasteiger partial charge in [0.05, 0.1) is 6.54 Å². The summed E-state index contributed by atoms with van der Waals surface area (Å²) in [5.74, 6) is -0.169. The van der Waals surface area contributed by atoms with E-state index in [0.717, 1.165) is 0 Å². The van der Waals surface area contributed by atoms with E-state index in [0.29, 0.717) is 6.42 Å². The highest BCUT2D eigenvalue weighted by Crippen LogP contribution is 2.19. The first kappa shape index (κ1) is 8.24. The number of hydrogen-bond acceptors (Lipinski definition) is 1. The number of hydrogen-bond donors (Lipinski definition) is 0. The third-order valence-corrected chi connectivity index (χ3v) is 1.98. The Bertz CT molecular complexity index is 181. The molecule has 2 nitrogen and oxygen atoms in total. The molecule has 1 heterocycles. The second kappa shape index (κ2) is 3.03. The molecular formula is C8H12FNO. The van der Waals surface area contributed by atoms with Gasteiger partial charge in [0.2, 0.25) is 5.91 Å². The van der Waals surface area contributed by atoms with Crippen LogP contribution in [0.1, 0.15) is 13.3 Å². The molecule has 1 aliphatic rings. The van der Waals surface area contributed by atoms with E-state index in [1.165, 1.54) is 11.0 Å². The molecule has 1 aliphatic heterocycles. The van der Waals surface area contributed by atoms with E-state index in [2.05, 4.69) is 6.58 Å². The molecule has 1 fully saturated rings. The van der Waals surface area contributed by atoms with Gasteiger partial charge in [0.25, 0.3) is 0 Å². The maximum Gasteiger partial charge on any atom is 0.246 e. The summed E-state index contributed by atoms with van der Waals surface area (Å²) in [5.41, 5.74) is 0. The van der Waals surface area contributed by atoms with Crippen LogP contribution in [0.2, 0.25) is 0 Å². The molecule has 0 bridgehead atoms. The Morgan fingerprint density at radius 2 is 2.45 bits per heavy atom. The number of halogens is 1. The fraction of sp³-hybridized carbons (Fsp3) is 0.625. The summed E-state index contributed by atoms with van der Waals surface area (Å²) in [4.78, 5) is 12.5. The minimum absolute atomic E-state index is 0.0236. The quantitative estimate of drug-likeness (QED) is 0.522. The molecule has 0 aromatic rings. The topological polar surface area (TPSA) is 20.3 Å². The van der Waals surface area contributed by atoms with Crippen LogP contribution in [0.3, 0.4) is 0 Å². The molecule has 0 N–H and O–H groups in total. The van der Waals surface area contributed by atoms with Gasteiger partial charge in [-0.05, 0) is 13.0 Å². The van der Waals surface area contributed by atoms with Crippen LogP contribution in [0, 0.1) is 0 Å². The largest absolute Gasteiger partial charge is 0.333 e. The minimum Gasteiger partial charge on any atom is -0.333 e. The smallest absolute Gasteiger partial charge is 0.246 e. The van der Waals surface area contributed by atoms with E-state index < -0.39 is 6.17 Å². The van der Waals surface area contributed by atoms with E-state index in [4.69, 9.17) is 0 Å². The first-order chi connectivity index (χ1) is 5.15. The van der Waals surface area contributed by atoms with Crippen LogP contribution in [0.25, 0.3) is 0 Å². The standard InChI is InChI=1S/C8H12FNO/c1-3-8(11)10-5-7(9)4-6(10)2/h3,6-7H,1,4-5H2,2H3/t6-,7+/m1/s1. The monoisotopic (exact) mass is 157 g/mol. The number of amides is 1. The van der Waals surface area contributed by atoms with Crippen molar-refractivity contribution in [3.63, 3.8) is 0 Å². The predicted octanol–water partition coefficient (Wildman–Crippen LogP) is 1.13. The van der Waals surface area contributed by atoms with Crippen LogP contribution in [-0.2, 0) is 4.79 Å². The molecule has 11 heavy (non-hydrogen) atoms. The molecule has 3 heteroatoms. The van der Waals surface area contributed by atoms with Crippen molar-refractivity contribution in [3.05, 3.63) is 12.7 Å². The van der Waals surface area contributed by atoms with Gasteiger partial charge in [-0.25, -0.2) is 4.39 Å². The SMILES string of the molecule is C=CC(=O)N1C[C@@H](F)C[C@H]1C. The highest BCUT2D eigenvalue weighted by molar-refractivity contribution is 5.87. The number of rotatable bonds is 1. The zero-order valence-corrected chi connectivity index (χ0v) is 6.59. The second-order valence-corrected chi connectivity index (χ2v) is 2.88. The minimum atomic E-state index is -0.853. The number of alkyl halides is 1. The lowest BCUT2D eigenvalue weighted by atomic mass is 10.2. The Morgan fingerprint density at radius 3 is 2.82 bits per heavy atom. The molecule has 0 spiro atoms. The van der Waals surface area contributed by atoms with Crippen molar-refractivity contribution in [2.24, 2.45) is 0 Å². The summed E-state index contributed by atoms with van der Waals surface area (Å²) in [6.07, 6.45) is 0.836. The maximum absolute atomic E-state index is 12.7. The number of likely N-dealkylation sites (tertiary alicyclic amines) is 1. The van der Waals surface area contributed by atoms with E-state index in [1.807, 2.05) is 6.92 Å². The Labute approximate surface area is 65.7 Å². The van der Waals surface area contributed by atoms with E-state index >= 15 is 0 Å². The van der Waals surface area contributed by atoms with Crippen LogP contribution in [0.4, 0.5) is 4.39 Å². The Morgan fingerprint density at radius 1 is 1.82 bits per heavy atom. The van der Waals surface area contributed by atoms with Gasteiger partial charge in [-0.3, -0.25) is 4.79 Å². The zero-order valence-electron chi connectivity index (χ0n) is 6.59. The van der Waals surface area contributed by atoms with Crippen molar-refractivity contribution in [1.29, 1.82) is 0 Å². The lowest BCUT2D eigenvalue weighted by molar-refractivity contribution is -0.126. The zero-order chi connectivity index (χ0) is 8.43. The Kier molecular flexibility index (Phi) is 2.27. The fourth-order valence-corrected chi connectivity index (χ4v) is 1.39. The molecular weight excluding hydrogens is 145 g/mol. The first-order valence-corrected chi connectivity index (χ1v) is 3.72. The average molecular weight is 157 g/mol. The molecule has 0 radical (unpaired) electrons. The van der Waals surface area contributed by atoms with Crippen LogP contribution in [0.5, 0.6) is 0 Å². The molecule has 0 aromatic carbocycles. The average Bonchev–Trinajstić information content (AvgIpc) is 2.28.